The van der Waals surface area contributed by atoms with Gasteiger partial charge >= 0.3 is 5.97 Å². The van der Waals surface area contributed by atoms with Crippen molar-refractivity contribution in [2.24, 2.45) is 0 Å². The summed E-state index contributed by atoms with van der Waals surface area (Å²) in [5.74, 6) is -0.363. The van der Waals surface area contributed by atoms with Crippen LogP contribution in [0.4, 0.5) is 0 Å². The third-order valence-corrected chi connectivity index (χ3v) is 3.94. The van der Waals surface area contributed by atoms with Crippen LogP contribution in [0.2, 0.25) is 0 Å². The van der Waals surface area contributed by atoms with Crippen molar-refractivity contribution in [2.45, 2.75) is 45.2 Å². The normalized spacial score (nSPS) is 12.2. The van der Waals surface area contributed by atoms with Crippen LogP contribution in [0.5, 0.6) is 0 Å². The number of amides is 1. The second-order valence-corrected chi connectivity index (χ2v) is 6.11. The van der Waals surface area contributed by atoms with Crippen LogP contribution in [0.3, 0.4) is 0 Å². The maximum absolute atomic E-state index is 12.0. The quantitative estimate of drug-likeness (QED) is 0.542. The molecule has 0 radical (unpaired) electrons. The molecule has 0 aliphatic carbocycles. The summed E-state index contributed by atoms with van der Waals surface area (Å²) >= 11 is 1.52. The standard InChI is InChI=1S/C15H24N2O3S/c1-11(2)16-8-4-7-14(18)17-12(10-15(19)20-3)13-6-5-9-21-13/h5-6,9,11-12,16H,4,7-8,10H2,1-3H3,(H,17,18). The molecule has 0 spiro atoms. The van der Waals surface area contributed by atoms with Crippen molar-refractivity contribution >= 4 is 23.2 Å². The van der Waals surface area contributed by atoms with Gasteiger partial charge in [-0.25, -0.2) is 0 Å². The van der Waals surface area contributed by atoms with Crippen LogP contribution in [0.1, 0.15) is 44.0 Å². The zero-order chi connectivity index (χ0) is 15.7. The molecule has 0 aromatic carbocycles. The number of rotatable bonds is 9. The predicted octanol–water partition coefficient (Wildman–Crippen LogP) is 2.25. The zero-order valence-electron chi connectivity index (χ0n) is 12.8. The van der Waals surface area contributed by atoms with Crippen LogP contribution in [0, 0.1) is 0 Å². The lowest BCUT2D eigenvalue weighted by Crippen LogP contribution is -2.31. The molecule has 0 bridgehead atoms. The van der Waals surface area contributed by atoms with E-state index in [1.54, 1.807) is 0 Å². The van der Waals surface area contributed by atoms with E-state index >= 15 is 0 Å². The van der Waals surface area contributed by atoms with Gasteiger partial charge in [-0.15, -0.1) is 11.3 Å². The molecule has 0 saturated carbocycles. The average molecular weight is 312 g/mol. The van der Waals surface area contributed by atoms with Crippen molar-refractivity contribution in [3.8, 4) is 0 Å². The minimum Gasteiger partial charge on any atom is -0.469 e. The third-order valence-electron chi connectivity index (χ3n) is 2.95. The average Bonchev–Trinajstić information content (AvgIpc) is 2.96. The van der Waals surface area contributed by atoms with Crippen molar-refractivity contribution < 1.29 is 14.3 Å². The summed E-state index contributed by atoms with van der Waals surface area (Å²) in [6, 6.07) is 3.94. The molecule has 1 heterocycles. The highest BCUT2D eigenvalue weighted by Gasteiger charge is 2.19. The number of esters is 1. The van der Waals surface area contributed by atoms with Gasteiger partial charge in [-0.3, -0.25) is 9.59 Å². The second-order valence-electron chi connectivity index (χ2n) is 5.13. The molecule has 1 aromatic heterocycles. The smallest absolute Gasteiger partial charge is 0.307 e. The lowest BCUT2D eigenvalue weighted by Gasteiger charge is -2.16. The Balaban J connectivity index is 2.45. The van der Waals surface area contributed by atoms with Crippen LogP contribution in [-0.4, -0.2) is 31.6 Å². The first-order valence-corrected chi connectivity index (χ1v) is 8.04. The molecule has 0 aliphatic heterocycles. The van der Waals surface area contributed by atoms with Gasteiger partial charge in [0.05, 0.1) is 19.6 Å². The highest BCUT2D eigenvalue weighted by Crippen LogP contribution is 2.22. The van der Waals surface area contributed by atoms with Gasteiger partial charge in [0.1, 0.15) is 0 Å². The van der Waals surface area contributed by atoms with E-state index in [2.05, 4.69) is 29.2 Å². The minimum absolute atomic E-state index is 0.0390. The monoisotopic (exact) mass is 312 g/mol. The van der Waals surface area contributed by atoms with E-state index in [-0.39, 0.29) is 24.3 Å². The predicted molar refractivity (Wildman–Crippen MR) is 84.2 cm³/mol. The Bertz CT molecular complexity index is 432. The Morgan fingerprint density at radius 3 is 2.71 bits per heavy atom. The molecule has 1 aromatic rings. The Kier molecular flexibility index (Phi) is 8.00. The van der Waals surface area contributed by atoms with E-state index in [1.165, 1.54) is 18.4 Å². The summed E-state index contributed by atoms with van der Waals surface area (Å²) in [6.07, 6.45) is 1.38. The lowest BCUT2D eigenvalue weighted by atomic mass is 10.1. The molecule has 1 atom stereocenters. The number of ether oxygens (including phenoxy) is 1. The van der Waals surface area contributed by atoms with E-state index < -0.39 is 0 Å². The fourth-order valence-electron chi connectivity index (χ4n) is 1.87. The number of carbonyl (C=O) groups excluding carboxylic acids is 2. The molecule has 21 heavy (non-hydrogen) atoms. The highest BCUT2D eigenvalue weighted by molar-refractivity contribution is 7.10. The molecule has 2 N–H and O–H groups in total. The van der Waals surface area contributed by atoms with E-state index in [0.29, 0.717) is 12.5 Å². The van der Waals surface area contributed by atoms with Crippen molar-refractivity contribution in [1.82, 2.24) is 10.6 Å². The number of carbonyl (C=O) groups is 2. The molecular weight excluding hydrogens is 288 g/mol. The number of hydrogen-bond donors (Lipinski definition) is 2. The molecule has 0 aliphatic rings. The van der Waals surface area contributed by atoms with E-state index in [0.717, 1.165) is 17.8 Å². The maximum Gasteiger partial charge on any atom is 0.307 e. The number of hydrogen-bond acceptors (Lipinski definition) is 5. The van der Waals surface area contributed by atoms with Crippen molar-refractivity contribution in [3.05, 3.63) is 22.4 Å². The highest BCUT2D eigenvalue weighted by atomic mass is 32.1. The summed E-state index contributed by atoms with van der Waals surface area (Å²) < 4.78 is 4.69. The maximum atomic E-state index is 12.0. The van der Waals surface area contributed by atoms with Crippen LogP contribution < -0.4 is 10.6 Å². The van der Waals surface area contributed by atoms with Crippen LogP contribution in [0.25, 0.3) is 0 Å². The largest absolute Gasteiger partial charge is 0.469 e. The summed E-state index contributed by atoms with van der Waals surface area (Å²) in [5, 5.41) is 8.12. The number of thiophene rings is 1. The van der Waals surface area contributed by atoms with Gasteiger partial charge in [0.15, 0.2) is 0 Å². The summed E-state index contributed by atoms with van der Waals surface area (Å²) in [4.78, 5) is 24.4. The molecule has 5 nitrogen and oxygen atoms in total. The summed E-state index contributed by atoms with van der Waals surface area (Å²) in [6.45, 7) is 4.96. The molecule has 6 heteroatoms. The van der Waals surface area contributed by atoms with Crippen LogP contribution in [-0.2, 0) is 14.3 Å². The van der Waals surface area contributed by atoms with Gasteiger partial charge in [0, 0.05) is 17.3 Å². The molecule has 0 fully saturated rings. The van der Waals surface area contributed by atoms with Crippen LogP contribution in [0.15, 0.2) is 17.5 Å². The Hall–Kier alpha value is -1.40. The second kappa shape index (κ2) is 9.52. The van der Waals surface area contributed by atoms with Gasteiger partial charge in [-0.05, 0) is 24.4 Å². The van der Waals surface area contributed by atoms with Gasteiger partial charge in [0.2, 0.25) is 5.91 Å². The van der Waals surface area contributed by atoms with Gasteiger partial charge < -0.3 is 15.4 Å². The Labute approximate surface area is 130 Å². The van der Waals surface area contributed by atoms with E-state index in [4.69, 9.17) is 0 Å². The van der Waals surface area contributed by atoms with Gasteiger partial charge in [-0.2, -0.15) is 0 Å². The zero-order valence-corrected chi connectivity index (χ0v) is 13.7. The Morgan fingerprint density at radius 1 is 1.38 bits per heavy atom. The SMILES string of the molecule is COC(=O)CC(NC(=O)CCCNC(C)C)c1cccs1. The van der Waals surface area contributed by atoms with Crippen molar-refractivity contribution in [1.29, 1.82) is 0 Å². The lowest BCUT2D eigenvalue weighted by molar-refractivity contribution is -0.141. The topological polar surface area (TPSA) is 67.4 Å². The first-order valence-electron chi connectivity index (χ1n) is 7.16. The summed E-state index contributed by atoms with van der Waals surface area (Å²) in [7, 11) is 1.35. The third kappa shape index (κ3) is 7.24. The summed E-state index contributed by atoms with van der Waals surface area (Å²) in [5.41, 5.74) is 0. The molecule has 0 saturated heterocycles. The van der Waals surface area contributed by atoms with E-state index in [9.17, 15) is 9.59 Å². The fraction of sp³-hybridized carbons (Fsp3) is 0.600. The van der Waals surface area contributed by atoms with Gasteiger partial charge in [-0.1, -0.05) is 19.9 Å². The molecule has 1 rings (SSSR count). The molecular formula is C15H24N2O3S. The first kappa shape index (κ1) is 17.7. The first-order chi connectivity index (χ1) is 10.0. The minimum atomic E-state index is -0.324. The van der Waals surface area contributed by atoms with Crippen molar-refractivity contribution in [3.63, 3.8) is 0 Å². The number of nitrogens with one attached hydrogen (secondary N) is 2. The van der Waals surface area contributed by atoms with E-state index in [1.807, 2.05) is 17.5 Å². The Morgan fingerprint density at radius 2 is 2.14 bits per heavy atom. The molecule has 1 unspecified atom stereocenters. The van der Waals surface area contributed by atoms with Crippen molar-refractivity contribution in [2.75, 3.05) is 13.7 Å². The molecule has 118 valence electrons. The van der Waals surface area contributed by atoms with Gasteiger partial charge in [0.25, 0.3) is 0 Å². The van der Waals surface area contributed by atoms with Crippen LogP contribution >= 0.6 is 11.3 Å². The molecule has 1 amide bonds. The number of methoxy groups -OCH3 is 1. The fourth-order valence-corrected chi connectivity index (χ4v) is 2.65.